The van der Waals surface area contributed by atoms with Crippen LogP contribution in [0.3, 0.4) is 0 Å². The summed E-state index contributed by atoms with van der Waals surface area (Å²) in [5, 5.41) is 0. The smallest absolute Gasteiger partial charge is 0.330 e. The van der Waals surface area contributed by atoms with Crippen LogP contribution in [0.15, 0.2) is 24.3 Å². The monoisotopic (exact) mass is 333 g/mol. The van der Waals surface area contributed by atoms with Crippen LogP contribution in [0.2, 0.25) is 0 Å². The van der Waals surface area contributed by atoms with Crippen molar-refractivity contribution in [3.63, 3.8) is 0 Å². The molecule has 130 valence electrons. The Balaban J connectivity index is 2.28. The highest BCUT2D eigenvalue weighted by molar-refractivity contribution is 6.07. The Morgan fingerprint density at radius 3 is 2.46 bits per heavy atom. The van der Waals surface area contributed by atoms with Gasteiger partial charge >= 0.3 is 5.97 Å². The normalized spacial score (nSPS) is 20.1. The van der Waals surface area contributed by atoms with Gasteiger partial charge in [-0.15, -0.1) is 0 Å². The summed E-state index contributed by atoms with van der Waals surface area (Å²) in [4.78, 5) is 38.2. The van der Waals surface area contributed by atoms with Crippen LogP contribution in [0.5, 0.6) is 5.75 Å². The number of hydrogen-bond acceptors (Lipinski definition) is 5. The van der Waals surface area contributed by atoms with Crippen molar-refractivity contribution in [2.24, 2.45) is 5.92 Å². The van der Waals surface area contributed by atoms with E-state index in [0.29, 0.717) is 18.0 Å². The Hall–Kier alpha value is -2.37. The number of amides is 1. The molecular formula is C18H23NO5. The average molecular weight is 333 g/mol. The van der Waals surface area contributed by atoms with Crippen molar-refractivity contribution in [2.75, 3.05) is 18.6 Å². The molecule has 0 spiro atoms. The molecule has 1 aliphatic rings. The number of ketones is 1. The largest absolute Gasteiger partial charge is 0.497 e. The molecule has 1 aromatic rings. The maximum absolute atomic E-state index is 12.5. The lowest BCUT2D eigenvalue weighted by atomic mass is 9.96. The minimum Gasteiger partial charge on any atom is -0.497 e. The Bertz CT molecular complexity index is 610. The first-order valence-electron chi connectivity index (χ1n) is 8.12. The highest BCUT2D eigenvalue weighted by Gasteiger charge is 2.48. The molecule has 2 rings (SSSR count). The number of unbranched alkanes of at least 4 members (excludes halogenated alkanes) is 1. The predicted octanol–water partition coefficient (Wildman–Crippen LogP) is 2.35. The zero-order chi connectivity index (χ0) is 17.7. The molecule has 1 amide bonds. The molecule has 2 atom stereocenters. The molecule has 0 N–H and O–H groups in total. The number of Topliss-reactive ketones (excluding diaryl/α,β-unsaturated/α-hetero) is 1. The molecule has 0 saturated carbocycles. The predicted molar refractivity (Wildman–Crippen MR) is 88.9 cm³/mol. The van der Waals surface area contributed by atoms with Gasteiger partial charge in [0.05, 0.1) is 19.6 Å². The standard InChI is InChI=1S/C18H23NO5/c1-4-5-10-24-18(22)17-15(12(2)20)11-16(21)19(17)13-6-8-14(23-3)9-7-13/h6-9,15,17H,4-5,10-11H2,1-3H3/t15-,17-/m1/s1. The molecular weight excluding hydrogens is 310 g/mol. The zero-order valence-electron chi connectivity index (χ0n) is 14.3. The highest BCUT2D eigenvalue weighted by atomic mass is 16.5. The number of anilines is 1. The minimum absolute atomic E-state index is 0.0227. The molecule has 1 heterocycles. The van der Waals surface area contributed by atoms with E-state index in [0.717, 1.165) is 12.8 Å². The second-order valence-corrected chi connectivity index (χ2v) is 5.85. The van der Waals surface area contributed by atoms with Crippen molar-refractivity contribution < 1.29 is 23.9 Å². The topological polar surface area (TPSA) is 72.9 Å². The van der Waals surface area contributed by atoms with Gasteiger partial charge in [-0.05, 0) is 37.6 Å². The van der Waals surface area contributed by atoms with Crippen LogP contribution in [-0.4, -0.2) is 37.4 Å². The fraction of sp³-hybridized carbons (Fsp3) is 0.500. The van der Waals surface area contributed by atoms with Gasteiger partial charge in [0.1, 0.15) is 17.6 Å². The van der Waals surface area contributed by atoms with Crippen molar-refractivity contribution in [1.82, 2.24) is 0 Å². The molecule has 0 radical (unpaired) electrons. The first kappa shape index (κ1) is 18.0. The van der Waals surface area contributed by atoms with Crippen molar-refractivity contribution in [3.05, 3.63) is 24.3 Å². The summed E-state index contributed by atoms with van der Waals surface area (Å²) in [6.07, 6.45) is 1.67. The third-order valence-electron chi connectivity index (χ3n) is 4.18. The number of esters is 1. The molecule has 1 saturated heterocycles. The Morgan fingerprint density at radius 1 is 1.25 bits per heavy atom. The van der Waals surface area contributed by atoms with Crippen molar-refractivity contribution >= 4 is 23.3 Å². The van der Waals surface area contributed by atoms with E-state index in [-0.39, 0.29) is 18.1 Å². The summed E-state index contributed by atoms with van der Waals surface area (Å²) in [6.45, 7) is 3.69. The number of benzene rings is 1. The van der Waals surface area contributed by atoms with Gasteiger partial charge in [0.25, 0.3) is 0 Å². The molecule has 1 aromatic carbocycles. The van der Waals surface area contributed by atoms with Crippen molar-refractivity contribution in [3.8, 4) is 5.75 Å². The number of rotatable bonds is 7. The van der Waals surface area contributed by atoms with Crippen LogP contribution >= 0.6 is 0 Å². The van der Waals surface area contributed by atoms with Gasteiger partial charge in [-0.25, -0.2) is 4.79 Å². The second kappa shape index (κ2) is 7.95. The third kappa shape index (κ3) is 3.75. The lowest BCUT2D eigenvalue weighted by molar-refractivity contribution is -0.147. The molecule has 1 fully saturated rings. The van der Waals surface area contributed by atoms with E-state index in [1.54, 1.807) is 31.4 Å². The summed E-state index contributed by atoms with van der Waals surface area (Å²) in [7, 11) is 1.55. The summed E-state index contributed by atoms with van der Waals surface area (Å²) in [5.41, 5.74) is 0.557. The van der Waals surface area contributed by atoms with Gasteiger partial charge in [-0.3, -0.25) is 14.5 Å². The van der Waals surface area contributed by atoms with Gasteiger partial charge < -0.3 is 9.47 Å². The lowest BCUT2D eigenvalue weighted by Crippen LogP contribution is -2.44. The van der Waals surface area contributed by atoms with E-state index in [1.165, 1.54) is 11.8 Å². The van der Waals surface area contributed by atoms with Gasteiger partial charge in [0.15, 0.2) is 0 Å². The van der Waals surface area contributed by atoms with E-state index in [4.69, 9.17) is 9.47 Å². The Kier molecular flexibility index (Phi) is 5.95. The number of carbonyl (C=O) groups is 3. The van der Waals surface area contributed by atoms with Gasteiger partial charge in [-0.1, -0.05) is 13.3 Å². The first-order valence-corrected chi connectivity index (χ1v) is 8.12. The molecule has 6 heteroatoms. The van der Waals surface area contributed by atoms with Gasteiger partial charge in [0.2, 0.25) is 5.91 Å². The molecule has 24 heavy (non-hydrogen) atoms. The second-order valence-electron chi connectivity index (χ2n) is 5.85. The van der Waals surface area contributed by atoms with Crippen LogP contribution in [0.25, 0.3) is 0 Å². The summed E-state index contributed by atoms with van der Waals surface area (Å²) in [5.74, 6) is -0.982. The van der Waals surface area contributed by atoms with Crippen molar-refractivity contribution in [1.29, 1.82) is 0 Å². The highest BCUT2D eigenvalue weighted by Crippen LogP contribution is 2.33. The number of ether oxygens (including phenoxy) is 2. The number of hydrogen-bond donors (Lipinski definition) is 0. The first-order chi connectivity index (χ1) is 11.5. The van der Waals surface area contributed by atoms with Gasteiger partial charge in [0, 0.05) is 12.1 Å². The molecule has 0 aromatic heterocycles. The van der Waals surface area contributed by atoms with E-state index < -0.39 is 17.9 Å². The fourth-order valence-electron chi connectivity index (χ4n) is 2.82. The molecule has 0 bridgehead atoms. The van der Waals surface area contributed by atoms with Crippen LogP contribution in [-0.2, 0) is 19.1 Å². The quantitative estimate of drug-likeness (QED) is 0.566. The van der Waals surface area contributed by atoms with Crippen LogP contribution in [0, 0.1) is 5.92 Å². The maximum Gasteiger partial charge on any atom is 0.330 e. The lowest BCUT2D eigenvalue weighted by Gasteiger charge is -2.26. The van der Waals surface area contributed by atoms with Crippen LogP contribution < -0.4 is 9.64 Å². The summed E-state index contributed by atoms with van der Waals surface area (Å²) in [6, 6.07) is 5.92. The minimum atomic E-state index is -0.903. The molecule has 1 aliphatic heterocycles. The van der Waals surface area contributed by atoms with E-state index in [1.807, 2.05) is 6.92 Å². The molecule has 0 aliphatic carbocycles. The Morgan fingerprint density at radius 2 is 1.92 bits per heavy atom. The molecule has 6 nitrogen and oxygen atoms in total. The van der Waals surface area contributed by atoms with E-state index in [9.17, 15) is 14.4 Å². The van der Waals surface area contributed by atoms with Gasteiger partial charge in [-0.2, -0.15) is 0 Å². The number of methoxy groups -OCH3 is 1. The van der Waals surface area contributed by atoms with Crippen LogP contribution in [0.1, 0.15) is 33.1 Å². The van der Waals surface area contributed by atoms with Crippen LogP contribution in [0.4, 0.5) is 5.69 Å². The summed E-state index contributed by atoms with van der Waals surface area (Å²) >= 11 is 0. The Labute approximate surface area is 141 Å². The number of nitrogens with zero attached hydrogens (tertiary/aromatic N) is 1. The zero-order valence-corrected chi connectivity index (χ0v) is 14.3. The van der Waals surface area contributed by atoms with Crippen molar-refractivity contribution in [2.45, 2.75) is 39.2 Å². The van der Waals surface area contributed by atoms with E-state index >= 15 is 0 Å². The molecule has 0 unspecified atom stereocenters. The summed E-state index contributed by atoms with van der Waals surface area (Å²) < 4.78 is 10.4. The van der Waals surface area contributed by atoms with E-state index in [2.05, 4.69) is 0 Å². The third-order valence-corrected chi connectivity index (χ3v) is 4.18. The maximum atomic E-state index is 12.5. The fourth-order valence-corrected chi connectivity index (χ4v) is 2.82. The number of carbonyl (C=O) groups excluding carboxylic acids is 3. The SMILES string of the molecule is CCCCOC(=O)[C@H]1[C@@H](C(C)=O)CC(=O)N1c1ccc(OC)cc1. The average Bonchev–Trinajstić information content (AvgIpc) is 2.93.